The first-order chi connectivity index (χ1) is 8.79. The zero-order chi connectivity index (χ0) is 12.8. The van der Waals surface area contributed by atoms with E-state index < -0.39 is 0 Å². The van der Waals surface area contributed by atoms with E-state index in [1.54, 1.807) is 0 Å². The molecule has 0 aromatic heterocycles. The van der Waals surface area contributed by atoms with Crippen LogP contribution in [-0.2, 0) is 4.79 Å². The van der Waals surface area contributed by atoms with Gasteiger partial charge in [-0.3, -0.25) is 4.79 Å². The molecule has 0 aromatic rings. The van der Waals surface area contributed by atoms with Crippen molar-refractivity contribution in [3.05, 3.63) is 0 Å². The van der Waals surface area contributed by atoms with Crippen LogP contribution < -0.4 is 5.32 Å². The molecule has 0 radical (unpaired) electrons. The van der Waals surface area contributed by atoms with Crippen molar-refractivity contribution in [2.45, 2.75) is 63.8 Å². The molecule has 1 N–H and O–H groups in total. The number of rotatable bonds is 2. The lowest BCUT2D eigenvalue weighted by Gasteiger charge is -2.33. The van der Waals surface area contributed by atoms with Gasteiger partial charge in [-0.2, -0.15) is 0 Å². The Morgan fingerprint density at radius 2 is 1.67 bits per heavy atom. The molecule has 1 amide bonds. The van der Waals surface area contributed by atoms with Crippen LogP contribution >= 0.6 is 0 Å². The van der Waals surface area contributed by atoms with E-state index in [4.69, 9.17) is 0 Å². The zero-order valence-corrected chi connectivity index (χ0v) is 11.8. The molecule has 1 heterocycles. The molecule has 1 atom stereocenters. The van der Waals surface area contributed by atoms with Gasteiger partial charge >= 0.3 is 0 Å². The summed E-state index contributed by atoms with van der Waals surface area (Å²) < 4.78 is 0. The molecule has 0 spiro atoms. The minimum atomic E-state index is 0.231. The van der Waals surface area contributed by atoms with Gasteiger partial charge in [-0.25, -0.2) is 0 Å². The van der Waals surface area contributed by atoms with Crippen LogP contribution in [0.2, 0.25) is 0 Å². The van der Waals surface area contributed by atoms with Crippen LogP contribution in [0.5, 0.6) is 0 Å². The van der Waals surface area contributed by atoms with Crippen molar-refractivity contribution in [2.24, 2.45) is 5.92 Å². The number of carbonyl (C=O) groups excluding carboxylic acids is 1. The third-order valence-corrected chi connectivity index (χ3v) is 4.62. The first kappa shape index (κ1) is 13.9. The molecule has 0 bridgehead atoms. The van der Waals surface area contributed by atoms with Crippen molar-refractivity contribution in [1.82, 2.24) is 10.2 Å². The molecule has 0 aromatic carbocycles. The van der Waals surface area contributed by atoms with Crippen LogP contribution in [-0.4, -0.2) is 37.0 Å². The zero-order valence-electron chi connectivity index (χ0n) is 11.8. The second kappa shape index (κ2) is 7.13. The predicted molar refractivity (Wildman–Crippen MR) is 74.5 cm³/mol. The van der Waals surface area contributed by atoms with Gasteiger partial charge in [-0.05, 0) is 32.2 Å². The summed E-state index contributed by atoms with van der Waals surface area (Å²) in [6, 6.07) is 0.500. The minimum absolute atomic E-state index is 0.231. The van der Waals surface area contributed by atoms with Crippen LogP contribution in [0.1, 0.15) is 57.8 Å². The van der Waals surface area contributed by atoms with E-state index >= 15 is 0 Å². The first-order valence-corrected chi connectivity index (χ1v) is 7.76. The quantitative estimate of drug-likeness (QED) is 0.819. The van der Waals surface area contributed by atoms with E-state index in [-0.39, 0.29) is 5.92 Å². The lowest BCUT2D eigenvalue weighted by molar-refractivity contribution is -0.137. The van der Waals surface area contributed by atoms with Gasteiger partial charge < -0.3 is 10.2 Å². The Labute approximate surface area is 111 Å². The molecule has 3 heteroatoms. The molecule has 1 aliphatic heterocycles. The molecule has 1 saturated heterocycles. The molecular formula is C15H28N2O. The molecule has 2 aliphatic rings. The van der Waals surface area contributed by atoms with Crippen molar-refractivity contribution >= 4 is 5.91 Å². The lowest BCUT2D eigenvalue weighted by atomic mass is 9.93. The number of carbonyl (C=O) groups is 1. The maximum Gasteiger partial charge on any atom is 0.226 e. The maximum atomic E-state index is 12.5. The van der Waals surface area contributed by atoms with Crippen LogP contribution in [0.15, 0.2) is 0 Å². The summed E-state index contributed by atoms with van der Waals surface area (Å²) in [7, 11) is 2.03. The Hall–Kier alpha value is -0.570. The number of hydrogen-bond donors (Lipinski definition) is 1. The molecule has 104 valence electrons. The van der Waals surface area contributed by atoms with Gasteiger partial charge in [0.2, 0.25) is 5.91 Å². The van der Waals surface area contributed by atoms with Gasteiger partial charge in [0.05, 0.1) is 5.92 Å². The fraction of sp³-hybridized carbons (Fsp3) is 0.933. The van der Waals surface area contributed by atoms with Gasteiger partial charge in [0, 0.05) is 19.6 Å². The SMILES string of the molecule is CN(C(=O)C1CCCNC1)C1CCCCCCC1. The first-order valence-electron chi connectivity index (χ1n) is 7.76. The van der Waals surface area contributed by atoms with Crippen LogP contribution in [0.25, 0.3) is 0 Å². The smallest absolute Gasteiger partial charge is 0.226 e. The highest BCUT2D eigenvalue weighted by atomic mass is 16.2. The average Bonchev–Trinajstić information content (AvgIpc) is 2.38. The predicted octanol–water partition coefficient (Wildman–Crippen LogP) is 2.56. The normalized spacial score (nSPS) is 27.3. The standard InChI is InChI=1S/C15H28N2O/c1-17(14-9-5-3-2-4-6-10-14)15(18)13-8-7-11-16-12-13/h13-14,16H,2-12H2,1H3. The second-order valence-corrected chi connectivity index (χ2v) is 5.99. The fourth-order valence-electron chi connectivity index (χ4n) is 3.35. The maximum absolute atomic E-state index is 12.5. The summed E-state index contributed by atoms with van der Waals surface area (Å²) in [6.07, 6.45) is 11.3. The van der Waals surface area contributed by atoms with Crippen LogP contribution in [0.4, 0.5) is 0 Å². The van der Waals surface area contributed by atoms with Crippen LogP contribution in [0.3, 0.4) is 0 Å². The number of nitrogens with one attached hydrogen (secondary N) is 1. The molecular weight excluding hydrogens is 224 g/mol. The van der Waals surface area contributed by atoms with E-state index in [1.807, 2.05) is 7.05 Å². The summed E-state index contributed by atoms with van der Waals surface area (Å²) in [6.45, 7) is 1.97. The monoisotopic (exact) mass is 252 g/mol. The Morgan fingerprint density at radius 1 is 1.00 bits per heavy atom. The van der Waals surface area contributed by atoms with E-state index in [0.717, 1.165) is 25.9 Å². The summed E-state index contributed by atoms with van der Waals surface area (Å²) in [5, 5.41) is 3.35. The number of piperidine rings is 1. The number of hydrogen-bond acceptors (Lipinski definition) is 2. The Bertz CT molecular complexity index is 253. The largest absolute Gasteiger partial charge is 0.342 e. The highest BCUT2D eigenvalue weighted by molar-refractivity contribution is 5.79. The minimum Gasteiger partial charge on any atom is -0.342 e. The Morgan fingerprint density at radius 3 is 2.28 bits per heavy atom. The number of nitrogens with zero attached hydrogens (tertiary/aromatic N) is 1. The highest BCUT2D eigenvalue weighted by Crippen LogP contribution is 2.23. The van der Waals surface area contributed by atoms with Crippen molar-refractivity contribution < 1.29 is 4.79 Å². The van der Waals surface area contributed by atoms with E-state index in [2.05, 4.69) is 10.2 Å². The van der Waals surface area contributed by atoms with Gasteiger partial charge in [-0.15, -0.1) is 0 Å². The van der Waals surface area contributed by atoms with Gasteiger partial charge in [0.15, 0.2) is 0 Å². The van der Waals surface area contributed by atoms with Crippen molar-refractivity contribution in [3.8, 4) is 0 Å². The summed E-state index contributed by atoms with van der Waals surface area (Å²) in [5.74, 6) is 0.613. The average molecular weight is 252 g/mol. The molecule has 1 saturated carbocycles. The van der Waals surface area contributed by atoms with E-state index in [1.165, 1.54) is 44.9 Å². The summed E-state index contributed by atoms with van der Waals surface area (Å²) >= 11 is 0. The Kier molecular flexibility index (Phi) is 5.48. The molecule has 2 fully saturated rings. The summed E-state index contributed by atoms with van der Waals surface area (Å²) in [5.41, 5.74) is 0. The topological polar surface area (TPSA) is 32.3 Å². The molecule has 1 unspecified atom stereocenters. The highest BCUT2D eigenvalue weighted by Gasteiger charge is 2.27. The summed E-state index contributed by atoms with van der Waals surface area (Å²) in [4.78, 5) is 14.6. The second-order valence-electron chi connectivity index (χ2n) is 5.99. The van der Waals surface area contributed by atoms with Crippen molar-refractivity contribution in [1.29, 1.82) is 0 Å². The van der Waals surface area contributed by atoms with Gasteiger partial charge in [-0.1, -0.05) is 32.1 Å². The molecule has 2 rings (SSSR count). The molecule has 18 heavy (non-hydrogen) atoms. The molecule has 3 nitrogen and oxygen atoms in total. The molecule has 1 aliphatic carbocycles. The third-order valence-electron chi connectivity index (χ3n) is 4.62. The lowest BCUT2D eigenvalue weighted by Crippen LogP contribution is -2.45. The Balaban J connectivity index is 1.86. The van der Waals surface area contributed by atoms with Crippen molar-refractivity contribution in [2.75, 3.05) is 20.1 Å². The fourth-order valence-corrected chi connectivity index (χ4v) is 3.35. The third kappa shape index (κ3) is 3.71. The van der Waals surface area contributed by atoms with Crippen molar-refractivity contribution in [3.63, 3.8) is 0 Å². The number of amides is 1. The van der Waals surface area contributed by atoms with Crippen LogP contribution in [0, 0.1) is 5.92 Å². The van der Waals surface area contributed by atoms with Gasteiger partial charge in [0.25, 0.3) is 0 Å². The van der Waals surface area contributed by atoms with Gasteiger partial charge in [0.1, 0.15) is 0 Å². The van der Waals surface area contributed by atoms with E-state index in [0.29, 0.717) is 11.9 Å². The van der Waals surface area contributed by atoms with E-state index in [9.17, 15) is 4.79 Å².